The number of nitrogens with one attached hydrogen (secondary N) is 3. The Morgan fingerprint density at radius 2 is 1.89 bits per heavy atom. The zero-order valence-corrected chi connectivity index (χ0v) is 23.2. The normalized spacial score (nSPS) is 21.1. The predicted molar refractivity (Wildman–Crippen MR) is 149 cm³/mol. The van der Waals surface area contributed by atoms with E-state index in [2.05, 4.69) is 37.9 Å². The molecule has 4 rings (SSSR count). The number of hydrogen-bond donors (Lipinski definition) is 3. The number of aromatic nitrogens is 2. The molecule has 2 aromatic heterocycles. The van der Waals surface area contributed by atoms with Crippen molar-refractivity contribution in [1.82, 2.24) is 30.4 Å². The van der Waals surface area contributed by atoms with Gasteiger partial charge in [0.1, 0.15) is 11.5 Å². The van der Waals surface area contributed by atoms with E-state index in [1.54, 1.807) is 37.2 Å². The van der Waals surface area contributed by atoms with Gasteiger partial charge in [0.2, 0.25) is 5.91 Å². The molecule has 1 saturated carbocycles. The quantitative estimate of drug-likeness (QED) is 0.478. The third kappa shape index (κ3) is 6.83. The molecule has 38 heavy (non-hydrogen) atoms. The maximum absolute atomic E-state index is 13.3. The Kier molecular flexibility index (Phi) is 8.91. The zero-order chi connectivity index (χ0) is 27.4. The molecule has 0 unspecified atom stereocenters. The lowest BCUT2D eigenvalue weighted by Gasteiger charge is -2.37. The summed E-state index contributed by atoms with van der Waals surface area (Å²) in [7, 11) is 5.50. The van der Waals surface area contributed by atoms with Crippen molar-refractivity contribution >= 4 is 52.3 Å². The Bertz CT molecular complexity index is 1220. The lowest BCUT2D eigenvalue weighted by Crippen LogP contribution is -2.57. The molecule has 3 heterocycles. The first kappa shape index (κ1) is 27.9. The van der Waals surface area contributed by atoms with E-state index in [0.717, 1.165) is 30.8 Å². The van der Waals surface area contributed by atoms with E-state index in [4.69, 9.17) is 23.8 Å². The van der Waals surface area contributed by atoms with Gasteiger partial charge in [-0.2, -0.15) is 0 Å². The van der Waals surface area contributed by atoms with Gasteiger partial charge in [0, 0.05) is 57.5 Å². The Morgan fingerprint density at radius 3 is 2.61 bits per heavy atom. The highest BCUT2D eigenvalue weighted by Crippen LogP contribution is 2.27. The van der Waals surface area contributed by atoms with Crippen LogP contribution in [0.1, 0.15) is 41.0 Å². The summed E-state index contributed by atoms with van der Waals surface area (Å²) < 4.78 is 0. The highest BCUT2D eigenvalue weighted by atomic mass is 35.5. The molecule has 1 aliphatic heterocycles. The van der Waals surface area contributed by atoms with E-state index in [-0.39, 0.29) is 28.8 Å². The van der Waals surface area contributed by atoms with Gasteiger partial charge in [0.25, 0.3) is 11.8 Å². The molecular formula is C26H32ClN7O3S. The molecule has 2 aromatic rings. The topological polar surface area (TPSA) is 120 Å². The molecular weight excluding hydrogens is 526 g/mol. The van der Waals surface area contributed by atoms with E-state index < -0.39 is 11.9 Å². The molecule has 2 aliphatic rings. The largest absolute Gasteiger partial charge is 0.367 e. The van der Waals surface area contributed by atoms with Crippen LogP contribution in [0.4, 0.5) is 5.82 Å². The van der Waals surface area contributed by atoms with Crippen LogP contribution in [-0.4, -0.2) is 82.2 Å². The Morgan fingerprint density at radius 1 is 1.11 bits per heavy atom. The number of fused-ring (bicyclic) bond motifs is 1. The van der Waals surface area contributed by atoms with Crippen LogP contribution in [0.15, 0.2) is 30.5 Å². The fourth-order valence-corrected chi connectivity index (χ4v) is 5.19. The van der Waals surface area contributed by atoms with Crippen molar-refractivity contribution in [3.63, 3.8) is 0 Å². The van der Waals surface area contributed by atoms with Crippen LogP contribution in [0.2, 0.25) is 5.02 Å². The number of anilines is 1. The SMILES string of the molecule is CN1CCc2nc(C(=O)N[C@@H]3C[C@@H](C(=O)N(C)C)CC[C@@H]3NC(=S)C(=O)Nc3ccc(Cl)cn3)ccc2C1. The average molecular weight is 558 g/mol. The number of rotatable bonds is 5. The van der Waals surface area contributed by atoms with Crippen LogP contribution in [0.3, 0.4) is 0 Å². The van der Waals surface area contributed by atoms with Crippen LogP contribution in [0, 0.1) is 5.92 Å². The Hall–Kier alpha value is -3.15. The van der Waals surface area contributed by atoms with Gasteiger partial charge in [0.05, 0.1) is 11.1 Å². The second-order valence-corrected chi connectivity index (χ2v) is 10.9. The number of pyridine rings is 2. The van der Waals surface area contributed by atoms with Crippen molar-refractivity contribution in [2.75, 3.05) is 33.0 Å². The van der Waals surface area contributed by atoms with Gasteiger partial charge in [0.15, 0.2) is 4.99 Å². The monoisotopic (exact) mass is 557 g/mol. The molecule has 10 nitrogen and oxygen atoms in total. The van der Waals surface area contributed by atoms with Crippen LogP contribution in [0.25, 0.3) is 0 Å². The molecule has 3 N–H and O–H groups in total. The molecule has 3 atom stereocenters. The van der Waals surface area contributed by atoms with Crippen LogP contribution >= 0.6 is 23.8 Å². The zero-order valence-electron chi connectivity index (χ0n) is 21.7. The molecule has 0 bridgehead atoms. The molecule has 1 fully saturated rings. The van der Waals surface area contributed by atoms with E-state index in [1.807, 2.05) is 6.07 Å². The van der Waals surface area contributed by atoms with Crippen molar-refractivity contribution < 1.29 is 14.4 Å². The molecule has 202 valence electrons. The smallest absolute Gasteiger partial charge is 0.284 e. The lowest BCUT2D eigenvalue weighted by molar-refractivity contribution is -0.134. The number of amides is 3. The lowest BCUT2D eigenvalue weighted by atomic mass is 9.81. The number of halogens is 1. The first-order chi connectivity index (χ1) is 18.1. The second-order valence-electron chi connectivity index (χ2n) is 10.0. The van der Waals surface area contributed by atoms with Crippen molar-refractivity contribution in [3.8, 4) is 0 Å². The molecule has 0 saturated heterocycles. The van der Waals surface area contributed by atoms with Gasteiger partial charge in [-0.1, -0.05) is 29.9 Å². The van der Waals surface area contributed by atoms with Crippen molar-refractivity contribution in [1.29, 1.82) is 0 Å². The van der Waals surface area contributed by atoms with Gasteiger partial charge < -0.3 is 25.8 Å². The molecule has 3 amide bonds. The fourth-order valence-electron chi connectivity index (χ4n) is 4.88. The van der Waals surface area contributed by atoms with Crippen molar-refractivity contribution in [2.45, 2.75) is 44.3 Å². The molecule has 0 spiro atoms. The summed E-state index contributed by atoms with van der Waals surface area (Å²) in [4.78, 5) is 51.1. The summed E-state index contributed by atoms with van der Waals surface area (Å²) >= 11 is 11.2. The van der Waals surface area contributed by atoms with Gasteiger partial charge in [-0.15, -0.1) is 0 Å². The number of likely N-dealkylation sites (N-methyl/N-ethyl adjacent to an activating group) is 1. The number of nitrogens with zero attached hydrogens (tertiary/aromatic N) is 4. The first-order valence-corrected chi connectivity index (χ1v) is 13.3. The van der Waals surface area contributed by atoms with Gasteiger partial charge in [-0.25, -0.2) is 9.97 Å². The van der Waals surface area contributed by atoms with Gasteiger partial charge >= 0.3 is 0 Å². The molecule has 0 radical (unpaired) electrons. The second kappa shape index (κ2) is 12.1. The van der Waals surface area contributed by atoms with E-state index >= 15 is 0 Å². The summed E-state index contributed by atoms with van der Waals surface area (Å²) in [6.45, 7) is 1.69. The van der Waals surface area contributed by atoms with Crippen molar-refractivity contribution in [3.05, 3.63) is 52.4 Å². The standard InChI is InChI=1S/C26H32ClN7O3S/c1-33(2)26(37)15-4-7-19(31-25(38)24(36)32-22-9-6-17(27)13-28-22)21(12-15)30-23(35)20-8-5-16-14-34(3)11-10-18(16)29-20/h5-6,8-9,13,15,19,21H,4,7,10-12,14H2,1-3H3,(H,30,35)(H,31,38)(H,28,32,36)/t15-,19-,21+/m0/s1. The first-order valence-electron chi connectivity index (χ1n) is 12.5. The average Bonchev–Trinajstić information content (AvgIpc) is 2.89. The minimum Gasteiger partial charge on any atom is -0.367 e. The van der Waals surface area contributed by atoms with E-state index in [0.29, 0.717) is 35.8 Å². The van der Waals surface area contributed by atoms with Crippen LogP contribution in [-0.2, 0) is 22.6 Å². The highest BCUT2D eigenvalue weighted by molar-refractivity contribution is 7.82. The number of thiocarbonyl (C=S) groups is 1. The van der Waals surface area contributed by atoms with Crippen LogP contribution in [0.5, 0.6) is 0 Å². The maximum Gasteiger partial charge on any atom is 0.284 e. The summed E-state index contributed by atoms with van der Waals surface area (Å²) in [5.74, 6) is -0.762. The summed E-state index contributed by atoms with van der Waals surface area (Å²) in [6, 6.07) is 6.10. The van der Waals surface area contributed by atoms with Crippen molar-refractivity contribution in [2.24, 2.45) is 5.92 Å². The number of hydrogen-bond acceptors (Lipinski definition) is 7. The molecule has 12 heteroatoms. The maximum atomic E-state index is 13.3. The van der Waals surface area contributed by atoms with Gasteiger partial charge in [-0.3, -0.25) is 14.4 Å². The highest BCUT2D eigenvalue weighted by Gasteiger charge is 2.36. The fraction of sp³-hybridized carbons (Fsp3) is 0.462. The third-order valence-corrected chi connectivity index (χ3v) is 7.45. The minimum atomic E-state index is -0.521. The third-order valence-electron chi connectivity index (χ3n) is 6.92. The van der Waals surface area contributed by atoms with E-state index in [9.17, 15) is 14.4 Å². The van der Waals surface area contributed by atoms with Crippen LogP contribution < -0.4 is 16.0 Å². The summed E-state index contributed by atoms with van der Waals surface area (Å²) in [5.41, 5.74) is 2.39. The Labute approximate surface area is 232 Å². The Balaban J connectivity index is 1.46. The summed E-state index contributed by atoms with van der Waals surface area (Å²) in [5, 5.41) is 9.25. The molecule has 0 aromatic carbocycles. The van der Waals surface area contributed by atoms with Gasteiger partial charge in [-0.05, 0) is 50.1 Å². The number of carbonyl (C=O) groups excluding carboxylic acids is 3. The minimum absolute atomic E-state index is 0.00727. The summed E-state index contributed by atoms with van der Waals surface area (Å²) in [6.07, 6.45) is 3.78. The van der Waals surface area contributed by atoms with E-state index in [1.165, 1.54) is 6.20 Å². The molecule has 1 aliphatic carbocycles. The number of carbonyl (C=O) groups is 3. The predicted octanol–water partition coefficient (Wildman–Crippen LogP) is 2.03.